The highest BCUT2D eigenvalue weighted by molar-refractivity contribution is 7.89. The van der Waals surface area contributed by atoms with Crippen LogP contribution >= 0.6 is 0 Å². The molecule has 2 heterocycles. The van der Waals surface area contributed by atoms with E-state index in [2.05, 4.69) is 17.0 Å². The third-order valence-electron chi connectivity index (χ3n) is 4.50. The molecule has 2 N–H and O–H groups in total. The van der Waals surface area contributed by atoms with Gasteiger partial charge in [0.25, 0.3) is 0 Å². The first-order valence-electron chi connectivity index (χ1n) is 7.93. The number of piperidine rings is 2. The van der Waals surface area contributed by atoms with Crippen LogP contribution in [0.1, 0.15) is 39.5 Å². The van der Waals surface area contributed by atoms with Crippen LogP contribution in [0.25, 0.3) is 0 Å². The number of hydrogen-bond donors (Lipinski definition) is 2. The predicted molar refractivity (Wildman–Crippen MR) is 82.4 cm³/mol. The Labute approximate surface area is 127 Å². The Morgan fingerprint density at radius 3 is 2.52 bits per heavy atom. The second-order valence-electron chi connectivity index (χ2n) is 6.26. The van der Waals surface area contributed by atoms with Crippen LogP contribution in [-0.2, 0) is 14.8 Å². The summed E-state index contributed by atoms with van der Waals surface area (Å²) in [6, 6.07) is -0.0881. The summed E-state index contributed by atoms with van der Waals surface area (Å²) in [5.74, 6) is 0.878. The van der Waals surface area contributed by atoms with E-state index < -0.39 is 10.0 Å². The van der Waals surface area contributed by atoms with Gasteiger partial charge in [-0.3, -0.25) is 4.79 Å². The van der Waals surface area contributed by atoms with Gasteiger partial charge in [0.2, 0.25) is 15.9 Å². The third kappa shape index (κ3) is 4.66. The number of nitrogens with one attached hydrogen (secondary N) is 2. The summed E-state index contributed by atoms with van der Waals surface area (Å²) >= 11 is 0. The minimum Gasteiger partial charge on any atom is -0.341 e. The normalized spacial score (nSPS) is 28.6. The molecule has 0 aliphatic carbocycles. The number of sulfonamides is 1. The van der Waals surface area contributed by atoms with E-state index in [0.717, 1.165) is 19.4 Å². The summed E-state index contributed by atoms with van der Waals surface area (Å²) in [7, 11) is -3.15. The molecule has 2 rings (SSSR count). The van der Waals surface area contributed by atoms with Gasteiger partial charge in [0.05, 0.1) is 11.8 Å². The van der Waals surface area contributed by atoms with E-state index in [0.29, 0.717) is 31.8 Å². The van der Waals surface area contributed by atoms with Crippen LogP contribution in [0.15, 0.2) is 0 Å². The van der Waals surface area contributed by atoms with Gasteiger partial charge in [0, 0.05) is 19.1 Å². The van der Waals surface area contributed by atoms with Crippen LogP contribution in [0, 0.1) is 5.92 Å². The molecule has 0 aromatic heterocycles. The van der Waals surface area contributed by atoms with E-state index in [4.69, 9.17) is 0 Å². The van der Waals surface area contributed by atoms with Crippen LogP contribution in [0.5, 0.6) is 0 Å². The monoisotopic (exact) mass is 317 g/mol. The molecular formula is C14H27N3O3S. The maximum atomic E-state index is 12.5. The standard InChI is InChI=1S/C14H27N3O3S/c1-3-21(19,20)16-12-5-8-17(9-6-12)14(18)13-10-11(2)4-7-15-13/h11-13,15-16H,3-10H2,1-2H3. The van der Waals surface area contributed by atoms with Gasteiger partial charge in [-0.05, 0) is 45.1 Å². The molecule has 122 valence electrons. The van der Waals surface area contributed by atoms with Crippen molar-refractivity contribution in [2.75, 3.05) is 25.4 Å². The van der Waals surface area contributed by atoms with Crippen molar-refractivity contribution in [3.05, 3.63) is 0 Å². The van der Waals surface area contributed by atoms with Crippen LogP contribution in [0.2, 0.25) is 0 Å². The highest BCUT2D eigenvalue weighted by Crippen LogP contribution is 2.19. The molecule has 2 fully saturated rings. The topological polar surface area (TPSA) is 78.5 Å². The number of rotatable bonds is 4. The van der Waals surface area contributed by atoms with Gasteiger partial charge in [-0.1, -0.05) is 6.92 Å². The van der Waals surface area contributed by atoms with Crippen molar-refractivity contribution in [1.82, 2.24) is 14.9 Å². The fourth-order valence-corrected chi connectivity index (χ4v) is 3.98. The SMILES string of the molecule is CCS(=O)(=O)NC1CCN(C(=O)C2CC(C)CCN2)CC1. The van der Waals surface area contributed by atoms with Gasteiger partial charge < -0.3 is 10.2 Å². The summed E-state index contributed by atoms with van der Waals surface area (Å²) in [6.07, 6.45) is 3.44. The van der Waals surface area contributed by atoms with Gasteiger partial charge in [-0.25, -0.2) is 13.1 Å². The van der Waals surface area contributed by atoms with Gasteiger partial charge in [0.1, 0.15) is 0 Å². The number of nitrogens with zero attached hydrogens (tertiary/aromatic N) is 1. The maximum absolute atomic E-state index is 12.5. The Bertz CT molecular complexity index is 458. The van der Waals surface area contributed by atoms with Gasteiger partial charge >= 0.3 is 0 Å². The zero-order valence-electron chi connectivity index (χ0n) is 13.0. The zero-order valence-corrected chi connectivity index (χ0v) is 13.8. The molecule has 0 radical (unpaired) electrons. The van der Waals surface area contributed by atoms with Crippen molar-refractivity contribution in [3.8, 4) is 0 Å². The van der Waals surface area contributed by atoms with E-state index in [-0.39, 0.29) is 23.7 Å². The van der Waals surface area contributed by atoms with Crippen LogP contribution in [0.4, 0.5) is 0 Å². The van der Waals surface area contributed by atoms with Crippen molar-refractivity contribution in [3.63, 3.8) is 0 Å². The second-order valence-corrected chi connectivity index (χ2v) is 8.30. The Morgan fingerprint density at radius 1 is 1.29 bits per heavy atom. The Morgan fingerprint density at radius 2 is 1.95 bits per heavy atom. The minimum absolute atomic E-state index is 0.0303. The van der Waals surface area contributed by atoms with E-state index in [1.165, 1.54) is 0 Å². The smallest absolute Gasteiger partial charge is 0.239 e. The largest absolute Gasteiger partial charge is 0.341 e. The molecule has 2 aliphatic rings. The zero-order chi connectivity index (χ0) is 15.5. The lowest BCUT2D eigenvalue weighted by Crippen LogP contribution is -2.54. The average molecular weight is 317 g/mol. The predicted octanol–water partition coefficient (Wildman–Crippen LogP) is 0.305. The lowest BCUT2D eigenvalue weighted by Gasteiger charge is -2.36. The lowest BCUT2D eigenvalue weighted by atomic mass is 9.93. The second kappa shape index (κ2) is 7.07. The summed E-state index contributed by atoms with van der Waals surface area (Å²) in [4.78, 5) is 14.4. The molecule has 2 unspecified atom stereocenters. The molecule has 7 heteroatoms. The Hall–Kier alpha value is -0.660. The highest BCUT2D eigenvalue weighted by Gasteiger charge is 2.31. The summed E-state index contributed by atoms with van der Waals surface area (Å²) < 4.78 is 25.8. The molecule has 21 heavy (non-hydrogen) atoms. The van der Waals surface area contributed by atoms with E-state index in [9.17, 15) is 13.2 Å². The minimum atomic E-state index is -3.15. The number of hydrogen-bond acceptors (Lipinski definition) is 4. The molecule has 2 atom stereocenters. The molecule has 0 aromatic rings. The van der Waals surface area contributed by atoms with E-state index >= 15 is 0 Å². The first-order chi connectivity index (χ1) is 9.91. The number of carbonyl (C=O) groups excluding carboxylic acids is 1. The molecule has 2 aliphatic heterocycles. The molecule has 0 saturated carbocycles. The van der Waals surface area contributed by atoms with Crippen LogP contribution < -0.4 is 10.0 Å². The van der Waals surface area contributed by atoms with Crippen molar-refractivity contribution < 1.29 is 13.2 Å². The average Bonchev–Trinajstić information content (AvgIpc) is 2.47. The number of carbonyl (C=O) groups is 1. The van der Waals surface area contributed by atoms with Crippen LogP contribution in [-0.4, -0.2) is 56.7 Å². The van der Waals surface area contributed by atoms with Crippen molar-refractivity contribution in [2.24, 2.45) is 5.92 Å². The van der Waals surface area contributed by atoms with Gasteiger partial charge in [-0.15, -0.1) is 0 Å². The molecule has 0 bridgehead atoms. The maximum Gasteiger partial charge on any atom is 0.239 e. The first kappa shape index (κ1) is 16.7. The Kier molecular flexibility index (Phi) is 5.62. The van der Waals surface area contributed by atoms with Gasteiger partial charge in [0.15, 0.2) is 0 Å². The molecule has 0 spiro atoms. The number of likely N-dealkylation sites (tertiary alicyclic amines) is 1. The van der Waals surface area contributed by atoms with Crippen molar-refractivity contribution in [1.29, 1.82) is 0 Å². The molecule has 2 saturated heterocycles. The van der Waals surface area contributed by atoms with E-state index in [1.807, 2.05) is 4.90 Å². The quantitative estimate of drug-likeness (QED) is 0.782. The highest BCUT2D eigenvalue weighted by atomic mass is 32.2. The fourth-order valence-electron chi connectivity index (χ4n) is 3.07. The summed E-state index contributed by atoms with van der Waals surface area (Å²) in [5, 5.41) is 3.30. The Balaban J connectivity index is 1.82. The molecule has 0 aromatic carbocycles. The summed E-state index contributed by atoms with van der Waals surface area (Å²) in [6.45, 7) is 6.01. The van der Waals surface area contributed by atoms with Crippen molar-refractivity contribution >= 4 is 15.9 Å². The fraction of sp³-hybridized carbons (Fsp3) is 0.929. The molecule has 6 nitrogen and oxygen atoms in total. The molecule has 1 amide bonds. The van der Waals surface area contributed by atoms with E-state index in [1.54, 1.807) is 6.92 Å². The number of amides is 1. The third-order valence-corrected chi connectivity index (χ3v) is 5.95. The molecular weight excluding hydrogens is 290 g/mol. The van der Waals surface area contributed by atoms with Crippen LogP contribution in [0.3, 0.4) is 0 Å². The summed E-state index contributed by atoms with van der Waals surface area (Å²) in [5.41, 5.74) is 0. The van der Waals surface area contributed by atoms with Gasteiger partial charge in [-0.2, -0.15) is 0 Å². The first-order valence-corrected chi connectivity index (χ1v) is 9.58. The van der Waals surface area contributed by atoms with Crippen molar-refractivity contribution in [2.45, 2.75) is 51.6 Å². The lowest BCUT2D eigenvalue weighted by molar-refractivity contribution is -0.135.